The predicted octanol–water partition coefficient (Wildman–Crippen LogP) is 3.24. The molecule has 0 saturated carbocycles. The highest BCUT2D eigenvalue weighted by Crippen LogP contribution is 2.28. The third-order valence-electron chi connectivity index (χ3n) is 1.44. The fourth-order valence-corrected chi connectivity index (χ4v) is 1.09. The zero-order chi connectivity index (χ0) is 8.36. The number of hydrogen-bond acceptors (Lipinski definition) is 0. The second-order valence-electron chi connectivity index (χ2n) is 2.79. The first-order valence-electron chi connectivity index (χ1n) is 3.44. The van der Waals surface area contributed by atoms with Crippen LogP contribution in [0.4, 0.5) is 8.78 Å². The molecule has 0 aliphatic heterocycles. The standard InChI is InChI=1S/C8H14F2/c1-5-7(6(2)3)8(4,9)10/h5-6H,1-4H3/b7-5+. The molecule has 0 aromatic heterocycles. The summed E-state index contributed by atoms with van der Waals surface area (Å²) in [5, 5.41) is 0. The Bertz CT molecular complexity index is 129. The molecule has 0 N–H and O–H groups in total. The summed E-state index contributed by atoms with van der Waals surface area (Å²) in [4.78, 5) is 0. The van der Waals surface area contributed by atoms with Crippen molar-refractivity contribution in [2.45, 2.75) is 33.6 Å². The molecule has 2 heteroatoms. The average Bonchev–Trinajstić information content (AvgIpc) is 1.60. The molecule has 0 amide bonds. The Labute approximate surface area is 60.9 Å². The number of alkyl halides is 2. The zero-order valence-electron chi connectivity index (χ0n) is 6.91. The highest BCUT2D eigenvalue weighted by molar-refractivity contribution is 5.12. The molecule has 0 bridgehead atoms. The third-order valence-corrected chi connectivity index (χ3v) is 1.44. The first-order valence-corrected chi connectivity index (χ1v) is 3.44. The minimum Gasteiger partial charge on any atom is -0.202 e. The maximum absolute atomic E-state index is 12.6. The second kappa shape index (κ2) is 3.13. The molecule has 0 fully saturated rings. The SMILES string of the molecule is C/C=C(\C(C)C)C(C)(F)F. The van der Waals surface area contributed by atoms with Gasteiger partial charge in [-0.1, -0.05) is 19.9 Å². The van der Waals surface area contributed by atoms with Crippen LogP contribution in [0.5, 0.6) is 0 Å². The fraction of sp³-hybridized carbons (Fsp3) is 0.750. The molecule has 0 aromatic carbocycles. The summed E-state index contributed by atoms with van der Waals surface area (Å²) in [5.74, 6) is -2.71. The van der Waals surface area contributed by atoms with E-state index in [1.165, 1.54) is 6.08 Å². The molecule has 0 spiro atoms. The monoisotopic (exact) mass is 148 g/mol. The van der Waals surface area contributed by atoms with Gasteiger partial charge in [-0.05, 0) is 18.4 Å². The smallest absolute Gasteiger partial charge is 0.202 e. The lowest BCUT2D eigenvalue weighted by Crippen LogP contribution is -2.17. The van der Waals surface area contributed by atoms with Crippen LogP contribution in [0.2, 0.25) is 0 Å². The van der Waals surface area contributed by atoms with Crippen LogP contribution in [0.25, 0.3) is 0 Å². The molecule has 0 aliphatic carbocycles. The molecular weight excluding hydrogens is 134 g/mol. The van der Waals surface area contributed by atoms with Crippen LogP contribution in [0.15, 0.2) is 11.6 Å². The minimum atomic E-state index is -2.65. The van der Waals surface area contributed by atoms with E-state index in [0.29, 0.717) is 0 Å². The molecule has 0 heterocycles. The maximum atomic E-state index is 12.6. The number of rotatable bonds is 2. The summed E-state index contributed by atoms with van der Waals surface area (Å²) in [5.41, 5.74) is 0.215. The fourth-order valence-electron chi connectivity index (χ4n) is 1.09. The van der Waals surface area contributed by atoms with Crippen molar-refractivity contribution in [3.63, 3.8) is 0 Å². The van der Waals surface area contributed by atoms with Crippen molar-refractivity contribution in [3.05, 3.63) is 11.6 Å². The lowest BCUT2D eigenvalue weighted by Gasteiger charge is -2.17. The van der Waals surface area contributed by atoms with E-state index in [-0.39, 0.29) is 11.5 Å². The van der Waals surface area contributed by atoms with Crippen LogP contribution in [-0.2, 0) is 0 Å². The van der Waals surface area contributed by atoms with E-state index in [1.54, 1.807) is 20.8 Å². The lowest BCUT2D eigenvalue weighted by molar-refractivity contribution is 0.0538. The summed E-state index contributed by atoms with van der Waals surface area (Å²) in [6.07, 6.45) is 1.49. The van der Waals surface area contributed by atoms with Crippen LogP contribution in [-0.4, -0.2) is 5.92 Å². The van der Waals surface area contributed by atoms with Gasteiger partial charge < -0.3 is 0 Å². The van der Waals surface area contributed by atoms with Crippen LogP contribution in [0.3, 0.4) is 0 Å². The van der Waals surface area contributed by atoms with Crippen LogP contribution in [0.1, 0.15) is 27.7 Å². The quantitative estimate of drug-likeness (QED) is 0.527. The number of hydrogen-bond donors (Lipinski definition) is 0. The summed E-state index contributed by atoms with van der Waals surface area (Å²) < 4.78 is 25.1. The van der Waals surface area contributed by atoms with Gasteiger partial charge in [0, 0.05) is 6.92 Å². The van der Waals surface area contributed by atoms with Gasteiger partial charge in [0.2, 0.25) is 0 Å². The van der Waals surface area contributed by atoms with Gasteiger partial charge in [0.25, 0.3) is 5.92 Å². The van der Waals surface area contributed by atoms with Gasteiger partial charge in [-0.25, -0.2) is 8.78 Å². The third kappa shape index (κ3) is 2.46. The van der Waals surface area contributed by atoms with Gasteiger partial charge >= 0.3 is 0 Å². The Kier molecular flexibility index (Phi) is 3.00. The van der Waals surface area contributed by atoms with Crippen molar-refractivity contribution >= 4 is 0 Å². The molecular formula is C8H14F2. The lowest BCUT2D eigenvalue weighted by atomic mass is 9.98. The minimum absolute atomic E-state index is 0.0648. The Morgan fingerprint density at radius 1 is 1.40 bits per heavy atom. The second-order valence-corrected chi connectivity index (χ2v) is 2.79. The molecule has 0 nitrogen and oxygen atoms in total. The summed E-state index contributed by atoms with van der Waals surface area (Å²) in [7, 11) is 0. The highest BCUT2D eigenvalue weighted by atomic mass is 19.3. The van der Waals surface area contributed by atoms with Crippen molar-refractivity contribution in [1.82, 2.24) is 0 Å². The normalized spacial score (nSPS) is 14.5. The predicted molar refractivity (Wildman–Crippen MR) is 39.2 cm³/mol. The number of allylic oxidation sites excluding steroid dienone is 2. The van der Waals surface area contributed by atoms with Crippen molar-refractivity contribution in [1.29, 1.82) is 0 Å². The van der Waals surface area contributed by atoms with E-state index in [0.717, 1.165) is 6.92 Å². The Balaban J connectivity index is 4.40. The number of halogens is 2. The van der Waals surface area contributed by atoms with E-state index in [1.807, 2.05) is 0 Å². The van der Waals surface area contributed by atoms with Crippen molar-refractivity contribution < 1.29 is 8.78 Å². The molecule has 0 atom stereocenters. The molecule has 60 valence electrons. The molecule has 0 radical (unpaired) electrons. The van der Waals surface area contributed by atoms with Gasteiger partial charge in [0.15, 0.2) is 0 Å². The average molecular weight is 148 g/mol. The van der Waals surface area contributed by atoms with Crippen molar-refractivity contribution in [2.24, 2.45) is 5.92 Å². The van der Waals surface area contributed by atoms with Gasteiger partial charge in [-0.2, -0.15) is 0 Å². The molecule has 0 aromatic rings. The molecule has 0 aliphatic rings. The highest BCUT2D eigenvalue weighted by Gasteiger charge is 2.28. The first-order chi connectivity index (χ1) is 4.39. The molecule has 0 saturated heterocycles. The summed E-state index contributed by atoms with van der Waals surface area (Å²) in [6.45, 7) is 6.12. The Morgan fingerprint density at radius 3 is 1.80 bits per heavy atom. The van der Waals surface area contributed by atoms with Gasteiger partial charge in [-0.15, -0.1) is 0 Å². The Morgan fingerprint density at radius 2 is 1.80 bits per heavy atom. The van der Waals surface area contributed by atoms with E-state index >= 15 is 0 Å². The van der Waals surface area contributed by atoms with Gasteiger partial charge in [0.05, 0.1) is 0 Å². The summed E-state index contributed by atoms with van der Waals surface area (Å²) in [6, 6.07) is 0. The van der Waals surface area contributed by atoms with E-state index in [4.69, 9.17) is 0 Å². The van der Waals surface area contributed by atoms with Crippen molar-refractivity contribution in [2.75, 3.05) is 0 Å². The first kappa shape index (κ1) is 9.60. The topological polar surface area (TPSA) is 0 Å². The van der Waals surface area contributed by atoms with Crippen molar-refractivity contribution in [3.8, 4) is 0 Å². The van der Waals surface area contributed by atoms with Crippen LogP contribution in [0, 0.1) is 5.92 Å². The van der Waals surface area contributed by atoms with Crippen LogP contribution < -0.4 is 0 Å². The van der Waals surface area contributed by atoms with Gasteiger partial charge in [0.1, 0.15) is 0 Å². The van der Waals surface area contributed by atoms with E-state index < -0.39 is 5.92 Å². The molecule has 10 heavy (non-hydrogen) atoms. The van der Waals surface area contributed by atoms with Crippen LogP contribution >= 0.6 is 0 Å². The van der Waals surface area contributed by atoms with E-state index in [9.17, 15) is 8.78 Å². The van der Waals surface area contributed by atoms with Gasteiger partial charge in [-0.3, -0.25) is 0 Å². The maximum Gasteiger partial charge on any atom is 0.266 e. The molecule has 0 unspecified atom stereocenters. The Hall–Kier alpha value is -0.400. The molecule has 0 rings (SSSR count). The zero-order valence-corrected chi connectivity index (χ0v) is 6.91. The summed E-state index contributed by atoms with van der Waals surface area (Å²) >= 11 is 0. The largest absolute Gasteiger partial charge is 0.266 e. The van der Waals surface area contributed by atoms with E-state index in [2.05, 4.69) is 0 Å².